The molecule has 0 aliphatic heterocycles. The lowest BCUT2D eigenvalue weighted by atomic mass is 9.98. The second-order valence-electron chi connectivity index (χ2n) is 6.83. The first-order valence-electron chi connectivity index (χ1n) is 10.9. The molecular weight excluding hydrogens is 352 g/mol. The number of fused-ring (bicyclic) bond motifs is 1. The molecule has 1 unspecified atom stereocenters. The Morgan fingerprint density at radius 2 is 1.41 bits per heavy atom. The summed E-state index contributed by atoms with van der Waals surface area (Å²) in [4.78, 5) is 10.3. The molecule has 29 heavy (non-hydrogen) atoms. The zero-order valence-corrected chi connectivity index (χ0v) is 19.6. The van der Waals surface area contributed by atoms with Crippen molar-refractivity contribution in [2.45, 2.75) is 67.7 Å². The highest BCUT2D eigenvalue weighted by atomic mass is 16.1. The van der Waals surface area contributed by atoms with Crippen LogP contribution in [0.3, 0.4) is 0 Å². The molecule has 0 spiro atoms. The van der Waals surface area contributed by atoms with E-state index < -0.39 is 0 Å². The van der Waals surface area contributed by atoms with Gasteiger partial charge in [-0.05, 0) is 60.9 Å². The van der Waals surface area contributed by atoms with E-state index in [0.717, 1.165) is 5.57 Å². The fourth-order valence-electron chi connectivity index (χ4n) is 2.86. The third-order valence-corrected chi connectivity index (χ3v) is 4.80. The Hall–Kier alpha value is -2.41. The van der Waals surface area contributed by atoms with Crippen molar-refractivity contribution in [3.05, 3.63) is 78.4 Å². The fraction of sp³-hybridized carbons (Fsp3) is 0.393. The Morgan fingerprint density at radius 3 is 1.86 bits per heavy atom. The number of Topliss-reactive ketones (excluding diaryl/α,β-unsaturated/α-hetero) is 1. The molecule has 0 heterocycles. The molecule has 2 aromatic rings. The predicted octanol–water partition coefficient (Wildman–Crippen LogP) is 8.33. The molecule has 2 aromatic carbocycles. The van der Waals surface area contributed by atoms with Crippen molar-refractivity contribution in [3.63, 3.8) is 0 Å². The van der Waals surface area contributed by atoms with Gasteiger partial charge in [-0.2, -0.15) is 0 Å². The van der Waals surface area contributed by atoms with Crippen LogP contribution in [0.2, 0.25) is 0 Å². The molecule has 0 N–H and O–H groups in total. The Morgan fingerprint density at radius 1 is 0.897 bits per heavy atom. The van der Waals surface area contributed by atoms with E-state index in [0.29, 0.717) is 0 Å². The van der Waals surface area contributed by atoms with E-state index in [1.807, 2.05) is 41.5 Å². The van der Waals surface area contributed by atoms with Crippen molar-refractivity contribution < 1.29 is 4.79 Å². The van der Waals surface area contributed by atoms with Crippen LogP contribution in [0.25, 0.3) is 16.7 Å². The van der Waals surface area contributed by atoms with Crippen molar-refractivity contribution in [1.82, 2.24) is 0 Å². The number of allylic oxidation sites excluding steroid dienone is 2. The van der Waals surface area contributed by atoms with Gasteiger partial charge in [0.05, 0.1) is 0 Å². The summed E-state index contributed by atoms with van der Waals surface area (Å²) in [6, 6.07) is 15.6. The van der Waals surface area contributed by atoms with Gasteiger partial charge in [0.25, 0.3) is 0 Å². The van der Waals surface area contributed by atoms with Gasteiger partial charge in [-0.1, -0.05) is 95.3 Å². The van der Waals surface area contributed by atoms with Gasteiger partial charge < -0.3 is 0 Å². The molecule has 1 aliphatic carbocycles. The van der Waals surface area contributed by atoms with Crippen molar-refractivity contribution in [3.8, 4) is 11.1 Å². The molecule has 1 nitrogen and oxygen atoms in total. The third kappa shape index (κ3) is 8.64. The minimum absolute atomic E-state index is 0.0278. The predicted molar refractivity (Wildman–Crippen MR) is 131 cm³/mol. The molecule has 3 rings (SSSR count). The lowest BCUT2D eigenvalue weighted by Crippen LogP contribution is -2.00. The maximum Gasteiger partial charge on any atom is 0.136 e. The molecule has 0 radical (unpaired) electrons. The summed E-state index contributed by atoms with van der Waals surface area (Å²) >= 11 is 0. The molecule has 0 bridgehead atoms. The van der Waals surface area contributed by atoms with E-state index in [-0.39, 0.29) is 11.7 Å². The number of hydrogen-bond acceptors (Lipinski definition) is 1. The zero-order valence-electron chi connectivity index (χ0n) is 19.6. The van der Waals surface area contributed by atoms with Crippen LogP contribution in [0.15, 0.2) is 61.7 Å². The van der Waals surface area contributed by atoms with Gasteiger partial charge in [-0.3, -0.25) is 4.79 Å². The molecule has 0 fully saturated rings. The van der Waals surface area contributed by atoms with Crippen molar-refractivity contribution in [2.24, 2.45) is 5.92 Å². The van der Waals surface area contributed by atoms with E-state index in [1.165, 1.54) is 47.1 Å². The molecule has 158 valence electrons. The largest absolute Gasteiger partial charge is 0.299 e. The second-order valence-corrected chi connectivity index (χ2v) is 6.83. The molecule has 0 saturated carbocycles. The lowest BCUT2D eigenvalue weighted by Gasteiger charge is -2.06. The van der Waals surface area contributed by atoms with Gasteiger partial charge >= 0.3 is 0 Å². The summed E-state index contributed by atoms with van der Waals surface area (Å²) in [5, 5.41) is 0. The Kier molecular flexibility index (Phi) is 13.4. The molecule has 1 atom stereocenters. The second kappa shape index (κ2) is 14.6. The summed E-state index contributed by atoms with van der Waals surface area (Å²) in [6.07, 6.45) is 5.45. The van der Waals surface area contributed by atoms with E-state index in [1.54, 1.807) is 13.0 Å². The number of aryl methyl sites for hydroxylation is 2. The minimum atomic E-state index is 0.0278. The molecule has 1 heteroatoms. The van der Waals surface area contributed by atoms with Crippen LogP contribution in [-0.4, -0.2) is 5.78 Å². The van der Waals surface area contributed by atoms with Gasteiger partial charge in [0.15, 0.2) is 0 Å². The standard InChI is InChI=1S/C18H18.C6H10O.2C2H6/c1-13(2)14-6-8-16(9-7-14)18-11-10-15-4-3-5-17(15)12-18;1-4-5(2)6(3)7;2*1-2/h6-12H,1,3-5H2,2H3;4-5H,1H2,2-3H3;2*1-2H3. The summed E-state index contributed by atoms with van der Waals surface area (Å²) in [6.45, 7) is 20.9. The van der Waals surface area contributed by atoms with Gasteiger partial charge in [0.2, 0.25) is 0 Å². The Bertz CT molecular complexity index is 765. The van der Waals surface area contributed by atoms with Crippen molar-refractivity contribution in [2.75, 3.05) is 0 Å². The number of carbonyl (C=O) groups is 1. The Balaban J connectivity index is 0.000000606. The van der Waals surface area contributed by atoms with Gasteiger partial charge in [0, 0.05) is 5.92 Å². The summed E-state index contributed by atoms with van der Waals surface area (Å²) in [7, 11) is 0. The van der Waals surface area contributed by atoms with Crippen LogP contribution in [0.1, 0.15) is 71.6 Å². The maximum absolute atomic E-state index is 10.3. The highest BCUT2D eigenvalue weighted by Gasteiger charge is 2.11. The monoisotopic (exact) mass is 392 g/mol. The minimum Gasteiger partial charge on any atom is -0.299 e. The molecule has 0 aromatic heterocycles. The van der Waals surface area contributed by atoms with Crippen LogP contribution in [0.5, 0.6) is 0 Å². The zero-order chi connectivity index (χ0) is 22.4. The third-order valence-electron chi connectivity index (χ3n) is 4.80. The van der Waals surface area contributed by atoms with E-state index >= 15 is 0 Å². The average molecular weight is 393 g/mol. The van der Waals surface area contributed by atoms with Crippen molar-refractivity contribution in [1.29, 1.82) is 0 Å². The van der Waals surface area contributed by atoms with Gasteiger partial charge in [-0.25, -0.2) is 0 Å². The number of rotatable bonds is 4. The van der Waals surface area contributed by atoms with Gasteiger partial charge in [0.1, 0.15) is 5.78 Å². The van der Waals surface area contributed by atoms with Crippen LogP contribution < -0.4 is 0 Å². The highest BCUT2D eigenvalue weighted by Crippen LogP contribution is 2.28. The average Bonchev–Trinajstić information content (AvgIpc) is 3.24. The first-order valence-corrected chi connectivity index (χ1v) is 10.9. The van der Waals surface area contributed by atoms with Crippen molar-refractivity contribution >= 4 is 11.4 Å². The molecule has 0 saturated heterocycles. The van der Waals surface area contributed by atoms with E-state index in [2.05, 4.69) is 55.6 Å². The quantitative estimate of drug-likeness (QED) is 0.478. The molecule has 0 amide bonds. The summed E-state index contributed by atoms with van der Waals surface area (Å²) in [5.41, 5.74) is 8.06. The molecule has 1 aliphatic rings. The van der Waals surface area contributed by atoms with E-state index in [4.69, 9.17) is 0 Å². The van der Waals surface area contributed by atoms with Crippen LogP contribution in [-0.2, 0) is 17.6 Å². The maximum atomic E-state index is 10.3. The Labute approximate surface area is 179 Å². The number of carbonyl (C=O) groups excluding carboxylic acids is 1. The first kappa shape index (κ1) is 26.6. The summed E-state index contributed by atoms with van der Waals surface area (Å²) in [5.74, 6) is 0.204. The smallest absolute Gasteiger partial charge is 0.136 e. The number of hydrogen-bond donors (Lipinski definition) is 0. The van der Waals surface area contributed by atoms with Crippen LogP contribution >= 0.6 is 0 Å². The van der Waals surface area contributed by atoms with Crippen LogP contribution in [0, 0.1) is 5.92 Å². The topological polar surface area (TPSA) is 17.1 Å². The number of ketones is 1. The number of benzene rings is 2. The van der Waals surface area contributed by atoms with Gasteiger partial charge in [-0.15, -0.1) is 6.58 Å². The highest BCUT2D eigenvalue weighted by molar-refractivity contribution is 5.79. The van der Waals surface area contributed by atoms with E-state index in [9.17, 15) is 4.79 Å². The fourth-order valence-corrected chi connectivity index (χ4v) is 2.86. The lowest BCUT2D eigenvalue weighted by molar-refractivity contribution is -0.118. The molecular formula is C28H40O. The SMILES string of the molecule is C=C(C)c1ccc(-c2ccc3c(c2)CCC3)cc1.C=CC(C)C(C)=O.CC.CC. The normalized spacial score (nSPS) is 11.8. The summed E-state index contributed by atoms with van der Waals surface area (Å²) < 4.78 is 0. The van der Waals surface area contributed by atoms with Crippen LogP contribution in [0.4, 0.5) is 0 Å². The first-order chi connectivity index (χ1) is 13.9.